The third kappa shape index (κ3) is 5.73. The highest BCUT2D eigenvalue weighted by molar-refractivity contribution is 4.82. The Balaban J connectivity index is 2.43. The van der Waals surface area contributed by atoms with E-state index in [0.29, 0.717) is 12.1 Å². The van der Waals surface area contributed by atoms with Crippen molar-refractivity contribution in [3.8, 4) is 0 Å². The van der Waals surface area contributed by atoms with Gasteiger partial charge in [0.2, 0.25) is 0 Å². The van der Waals surface area contributed by atoms with Gasteiger partial charge in [0.15, 0.2) is 0 Å². The van der Waals surface area contributed by atoms with Gasteiger partial charge >= 0.3 is 6.18 Å². The second kappa shape index (κ2) is 6.05. The summed E-state index contributed by atoms with van der Waals surface area (Å²) in [5, 5.41) is 3.41. The summed E-state index contributed by atoms with van der Waals surface area (Å²) in [5.41, 5.74) is 0. The van der Waals surface area contributed by atoms with Gasteiger partial charge in [-0.15, -0.1) is 0 Å². The van der Waals surface area contributed by atoms with Gasteiger partial charge in [0.05, 0.1) is 6.42 Å². The molecule has 2 atom stereocenters. The molecule has 1 aliphatic heterocycles. The fourth-order valence-corrected chi connectivity index (χ4v) is 2.48. The SMILES string of the molecule is CC(C)NC1CCCN(C(C)CC(F)(F)F)C1. The van der Waals surface area contributed by atoms with Gasteiger partial charge in [-0.1, -0.05) is 13.8 Å². The molecule has 0 bridgehead atoms. The van der Waals surface area contributed by atoms with E-state index in [9.17, 15) is 13.2 Å². The van der Waals surface area contributed by atoms with E-state index in [1.165, 1.54) is 0 Å². The van der Waals surface area contributed by atoms with Crippen LogP contribution in [0.4, 0.5) is 13.2 Å². The summed E-state index contributed by atoms with van der Waals surface area (Å²) in [5.74, 6) is 0. The minimum absolute atomic E-state index is 0.333. The van der Waals surface area contributed by atoms with Crippen molar-refractivity contribution >= 4 is 0 Å². The van der Waals surface area contributed by atoms with Gasteiger partial charge in [0.1, 0.15) is 0 Å². The van der Waals surface area contributed by atoms with Crippen molar-refractivity contribution in [1.29, 1.82) is 0 Å². The maximum atomic E-state index is 12.3. The summed E-state index contributed by atoms with van der Waals surface area (Å²) in [4.78, 5) is 1.96. The van der Waals surface area contributed by atoms with E-state index >= 15 is 0 Å². The van der Waals surface area contributed by atoms with Crippen LogP contribution in [0.15, 0.2) is 0 Å². The van der Waals surface area contributed by atoms with Crippen LogP contribution in [0.3, 0.4) is 0 Å². The summed E-state index contributed by atoms with van der Waals surface area (Å²) in [6.45, 7) is 7.32. The normalized spacial score (nSPS) is 25.2. The topological polar surface area (TPSA) is 15.3 Å². The number of nitrogens with zero attached hydrogens (tertiary/aromatic N) is 1. The first-order chi connectivity index (χ1) is 7.78. The van der Waals surface area contributed by atoms with Crippen LogP contribution < -0.4 is 5.32 Å². The molecule has 0 aromatic carbocycles. The first kappa shape index (κ1) is 14.8. The first-order valence-electron chi connectivity index (χ1n) is 6.35. The Morgan fingerprint density at radius 1 is 1.29 bits per heavy atom. The van der Waals surface area contributed by atoms with E-state index in [-0.39, 0.29) is 0 Å². The Morgan fingerprint density at radius 2 is 1.94 bits per heavy atom. The monoisotopic (exact) mass is 252 g/mol. The van der Waals surface area contributed by atoms with E-state index in [1.54, 1.807) is 6.92 Å². The molecule has 2 nitrogen and oxygen atoms in total. The van der Waals surface area contributed by atoms with E-state index in [4.69, 9.17) is 0 Å². The molecule has 0 saturated carbocycles. The second-order valence-corrected chi connectivity index (χ2v) is 5.32. The highest BCUT2D eigenvalue weighted by atomic mass is 19.4. The molecule has 5 heteroatoms. The highest BCUT2D eigenvalue weighted by Gasteiger charge is 2.34. The van der Waals surface area contributed by atoms with E-state index in [0.717, 1.165) is 25.9 Å². The lowest BCUT2D eigenvalue weighted by molar-refractivity contribution is -0.147. The highest BCUT2D eigenvalue weighted by Crippen LogP contribution is 2.25. The number of halogens is 3. The van der Waals surface area contributed by atoms with Gasteiger partial charge in [-0.3, -0.25) is 4.90 Å². The van der Waals surface area contributed by atoms with Crippen LogP contribution in [0, 0.1) is 0 Å². The number of rotatable bonds is 4. The van der Waals surface area contributed by atoms with Crippen LogP contribution in [0.25, 0.3) is 0 Å². The van der Waals surface area contributed by atoms with Gasteiger partial charge in [0.25, 0.3) is 0 Å². The van der Waals surface area contributed by atoms with E-state index < -0.39 is 18.6 Å². The summed E-state index contributed by atoms with van der Waals surface area (Å²) in [7, 11) is 0. The molecule has 1 N–H and O–H groups in total. The van der Waals surface area contributed by atoms with Gasteiger partial charge in [-0.05, 0) is 26.3 Å². The zero-order chi connectivity index (χ0) is 13.1. The fourth-order valence-electron chi connectivity index (χ4n) is 2.48. The standard InChI is InChI=1S/C12H23F3N2/c1-9(2)16-11-5-4-6-17(8-11)10(3)7-12(13,14)15/h9-11,16H,4-8H2,1-3H3. The lowest BCUT2D eigenvalue weighted by Crippen LogP contribution is -2.51. The second-order valence-electron chi connectivity index (χ2n) is 5.32. The van der Waals surface area contributed by atoms with Crippen molar-refractivity contribution in [3.05, 3.63) is 0 Å². The van der Waals surface area contributed by atoms with Gasteiger partial charge in [0, 0.05) is 24.7 Å². The molecule has 0 amide bonds. The van der Waals surface area contributed by atoms with Crippen molar-refractivity contribution in [2.45, 2.75) is 64.3 Å². The molecule has 102 valence electrons. The molecule has 1 rings (SSSR count). The average Bonchev–Trinajstić information content (AvgIpc) is 2.14. The molecule has 2 unspecified atom stereocenters. The lowest BCUT2D eigenvalue weighted by atomic mass is 10.0. The van der Waals surface area contributed by atoms with Crippen LogP contribution in [0.2, 0.25) is 0 Å². The fraction of sp³-hybridized carbons (Fsp3) is 1.00. The largest absolute Gasteiger partial charge is 0.390 e. The molecule has 1 aliphatic rings. The number of nitrogens with one attached hydrogen (secondary N) is 1. The minimum Gasteiger partial charge on any atom is -0.311 e. The summed E-state index contributed by atoms with van der Waals surface area (Å²) in [6.07, 6.45) is -2.72. The van der Waals surface area contributed by atoms with Crippen LogP contribution in [-0.4, -0.2) is 42.3 Å². The van der Waals surface area contributed by atoms with E-state index in [1.807, 2.05) is 4.90 Å². The third-order valence-corrected chi connectivity index (χ3v) is 3.17. The molecular formula is C12H23F3N2. The maximum absolute atomic E-state index is 12.3. The zero-order valence-corrected chi connectivity index (χ0v) is 10.8. The average molecular weight is 252 g/mol. The van der Waals surface area contributed by atoms with Gasteiger partial charge in [-0.25, -0.2) is 0 Å². The van der Waals surface area contributed by atoms with Crippen molar-refractivity contribution < 1.29 is 13.2 Å². The summed E-state index contributed by atoms with van der Waals surface area (Å²) in [6, 6.07) is 0.309. The predicted molar refractivity (Wildman–Crippen MR) is 63.0 cm³/mol. The smallest absolute Gasteiger partial charge is 0.311 e. The Bertz CT molecular complexity index is 228. The molecule has 0 aliphatic carbocycles. The number of likely N-dealkylation sites (tertiary alicyclic amines) is 1. The van der Waals surface area contributed by atoms with Crippen molar-refractivity contribution in [3.63, 3.8) is 0 Å². The van der Waals surface area contributed by atoms with Gasteiger partial charge < -0.3 is 5.32 Å². The molecule has 1 fully saturated rings. The first-order valence-corrected chi connectivity index (χ1v) is 6.35. The van der Waals surface area contributed by atoms with E-state index in [2.05, 4.69) is 19.2 Å². The van der Waals surface area contributed by atoms with Crippen molar-refractivity contribution in [1.82, 2.24) is 10.2 Å². The molecule has 17 heavy (non-hydrogen) atoms. The molecule has 0 aromatic heterocycles. The van der Waals surface area contributed by atoms with Crippen LogP contribution >= 0.6 is 0 Å². The molecule has 1 heterocycles. The summed E-state index contributed by atoms with van der Waals surface area (Å²) >= 11 is 0. The maximum Gasteiger partial charge on any atom is 0.390 e. The van der Waals surface area contributed by atoms with Crippen LogP contribution in [-0.2, 0) is 0 Å². The Hall–Kier alpha value is -0.290. The zero-order valence-electron chi connectivity index (χ0n) is 10.8. The van der Waals surface area contributed by atoms with Gasteiger partial charge in [-0.2, -0.15) is 13.2 Å². The molecular weight excluding hydrogens is 229 g/mol. The Labute approximate surface area is 102 Å². The number of hydrogen-bond donors (Lipinski definition) is 1. The molecule has 0 radical (unpaired) electrons. The van der Waals surface area contributed by atoms with Crippen LogP contribution in [0.5, 0.6) is 0 Å². The minimum atomic E-state index is -4.06. The quantitative estimate of drug-likeness (QED) is 0.827. The van der Waals surface area contributed by atoms with Crippen LogP contribution in [0.1, 0.15) is 40.0 Å². The summed E-state index contributed by atoms with van der Waals surface area (Å²) < 4.78 is 37.0. The Morgan fingerprint density at radius 3 is 2.47 bits per heavy atom. The van der Waals surface area contributed by atoms with Crippen molar-refractivity contribution in [2.24, 2.45) is 0 Å². The molecule has 1 saturated heterocycles. The number of hydrogen-bond acceptors (Lipinski definition) is 2. The third-order valence-electron chi connectivity index (χ3n) is 3.17. The Kier molecular flexibility index (Phi) is 5.25. The number of alkyl halides is 3. The lowest BCUT2D eigenvalue weighted by Gasteiger charge is -2.38. The molecule has 0 aromatic rings. The molecule has 0 spiro atoms. The van der Waals surface area contributed by atoms with Crippen molar-refractivity contribution in [2.75, 3.05) is 13.1 Å². The predicted octanol–water partition coefficient (Wildman–Crippen LogP) is 2.79. The number of piperidine rings is 1.